The molecule has 116 valence electrons. The van der Waals surface area contributed by atoms with E-state index in [2.05, 4.69) is 47.8 Å². The first-order chi connectivity index (χ1) is 10.2. The van der Waals surface area contributed by atoms with Crippen LogP contribution in [0.4, 0.5) is 0 Å². The molecule has 0 aromatic heterocycles. The van der Waals surface area contributed by atoms with Gasteiger partial charge in [-0.1, -0.05) is 0 Å². The first-order valence-electron chi connectivity index (χ1n) is 8.98. The molecule has 2 aliphatic rings. The zero-order valence-electron chi connectivity index (χ0n) is 13.4. The molecule has 3 heteroatoms. The molecule has 0 atom stereocenters. The Morgan fingerprint density at radius 3 is 1.76 bits per heavy atom. The van der Waals surface area contributed by atoms with E-state index in [0.717, 1.165) is 11.3 Å². The molecule has 0 spiro atoms. The van der Waals surface area contributed by atoms with Gasteiger partial charge < -0.3 is 0 Å². The van der Waals surface area contributed by atoms with Crippen molar-refractivity contribution in [1.29, 1.82) is 0 Å². The van der Waals surface area contributed by atoms with E-state index in [1.807, 2.05) is 0 Å². The molecule has 1 aromatic carbocycles. The van der Waals surface area contributed by atoms with Crippen LogP contribution in [0, 0.1) is 0 Å². The molecule has 2 aliphatic carbocycles. The molecular weight excluding hydrogens is 338 g/mol. The number of hydrogen-bond donors (Lipinski definition) is 0. The summed E-state index contributed by atoms with van der Waals surface area (Å²) in [6.45, 7) is 0. The Labute approximate surface area is 140 Å². The van der Waals surface area contributed by atoms with Crippen LogP contribution in [0.3, 0.4) is 0 Å². The molecule has 0 nitrogen and oxygen atoms in total. The average molecular weight is 367 g/mol. The average Bonchev–Trinajstić information content (AvgIpc) is 2.56. The van der Waals surface area contributed by atoms with Gasteiger partial charge in [-0.05, 0) is 0 Å². The minimum absolute atomic E-state index is 1.02. The van der Waals surface area contributed by atoms with Gasteiger partial charge in [0, 0.05) is 0 Å². The number of rotatable bonds is 3. The molecule has 0 saturated heterocycles. The molecule has 1 aromatic rings. The summed E-state index contributed by atoms with van der Waals surface area (Å²) in [5.74, 6) is 0. The number of benzene rings is 1. The van der Waals surface area contributed by atoms with Crippen molar-refractivity contribution in [3.8, 4) is 0 Å². The molecule has 21 heavy (non-hydrogen) atoms. The van der Waals surface area contributed by atoms with Crippen LogP contribution >= 0.6 is 23.1 Å². The van der Waals surface area contributed by atoms with E-state index >= 15 is 0 Å². The molecule has 0 N–H and O–H groups in total. The Bertz CT molecular complexity index is 446. The van der Waals surface area contributed by atoms with Crippen LogP contribution in [0.15, 0.2) is 28.7 Å². The van der Waals surface area contributed by atoms with Crippen LogP contribution in [-0.2, 0) is 0 Å². The summed E-state index contributed by atoms with van der Waals surface area (Å²) < 4.78 is 1.40. The van der Waals surface area contributed by atoms with Crippen molar-refractivity contribution in [1.82, 2.24) is 0 Å². The number of hydrogen-bond acceptors (Lipinski definition) is 0. The van der Waals surface area contributed by atoms with Crippen LogP contribution in [-0.4, -0.2) is 18.9 Å². The molecule has 0 aliphatic heterocycles. The molecular formula is C18H29BBrP. The maximum absolute atomic E-state index is 3.90. The monoisotopic (exact) mass is 366 g/mol. The predicted octanol–water partition coefficient (Wildman–Crippen LogP) is 5.04. The molecule has 0 heterocycles. The molecule has 0 amide bonds. The van der Waals surface area contributed by atoms with Crippen molar-refractivity contribution in [2.75, 3.05) is 0 Å². The third kappa shape index (κ3) is 3.27. The van der Waals surface area contributed by atoms with Crippen molar-refractivity contribution >= 4 is 35.9 Å². The summed E-state index contributed by atoms with van der Waals surface area (Å²) in [6, 6.07) is 9.20. The van der Waals surface area contributed by atoms with Crippen molar-refractivity contribution in [2.45, 2.75) is 75.5 Å². The van der Waals surface area contributed by atoms with Gasteiger partial charge in [-0.2, -0.15) is 0 Å². The van der Waals surface area contributed by atoms with E-state index in [1.54, 1.807) is 5.30 Å². The van der Waals surface area contributed by atoms with Crippen LogP contribution in [0.2, 0.25) is 0 Å². The second-order valence-corrected chi connectivity index (χ2v) is 13.0. The van der Waals surface area contributed by atoms with E-state index in [0.29, 0.717) is 0 Å². The second-order valence-electron chi connectivity index (χ2n) is 7.43. The summed E-state index contributed by atoms with van der Waals surface area (Å²) in [5.41, 5.74) is 2.04. The Kier molecular flexibility index (Phi) is 5.49. The van der Waals surface area contributed by atoms with Crippen molar-refractivity contribution in [2.24, 2.45) is 0 Å². The van der Waals surface area contributed by atoms with Crippen LogP contribution in [0.5, 0.6) is 0 Å². The van der Waals surface area contributed by atoms with Gasteiger partial charge in [0.1, 0.15) is 0 Å². The van der Waals surface area contributed by atoms with Gasteiger partial charge >= 0.3 is 140 Å². The second kappa shape index (κ2) is 7.18. The summed E-state index contributed by atoms with van der Waals surface area (Å²) in [4.78, 5) is 0. The van der Waals surface area contributed by atoms with Gasteiger partial charge in [0.25, 0.3) is 0 Å². The van der Waals surface area contributed by atoms with Crippen LogP contribution in [0.1, 0.15) is 64.2 Å². The standard InChI is InChI=1S/C18H29BBrP/c19-21(15-9-3-1-4-10-15,16-11-5-2-6-12-16)18-14-8-7-13-17(18)20/h7-8,13-16,21H,1-6,9-12,19H2. The Morgan fingerprint density at radius 2 is 1.29 bits per heavy atom. The van der Waals surface area contributed by atoms with E-state index < -0.39 is 7.14 Å². The molecule has 0 unspecified atom stereocenters. The van der Waals surface area contributed by atoms with E-state index in [4.69, 9.17) is 0 Å². The van der Waals surface area contributed by atoms with Gasteiger partial charge in [-0.3, -0.25) is 0 Å². The molecule has 2 saturated carbocycles. The first kappa shape index (κ1) is 16.1. The normalized spacial score (nSPS) is 23.1. The van der Waals surface area contributed by atoms with E-state index in [1.165, 1.54) is 68.7 Å². The van der Waals surface area contributed by atoms with E-state index in [-0.39, 0.29) is 0 Å². The maximum atomic E-state index is 3.90. The molecule has 0 radical (unpaired) electrons. The van der Waals surface area contributed by atoms with Gasteiger partial charge in [-0.15, -0.1) is 0 Å². The first-order valence-corrected chi connectivity index (χ1v) is 12.4. The van der Waals surface area contributed by atoms with Crippen molar-refractivity contribution in [3.05, 3.63) is 28.7 Å². The summed E-state index contributed by atoms with van der Waals surface area (Å²) in [6.07, 6.45) is 14.9. The summed E-state index contributed by atoms with van der Waals surface area (Å²) in [7, 11) is 1.32. The fraction of sp³-hybridized carbons (Fsp3) is 0.667. The summed E-state index contributed by atoms with van der Waals surface area (Å²) in [5, 5.41) is 1.73. The van der Waals surface area contributed by atoms with Crippen molar-refractivity contribution < 1.29 is 0 Å². The van der Waals surface area contributed by atoms with Gasteiger partial charge in [0.05, 0.1) is 0 Å². The van der Waals surface area contributed by atoms with Crippen LogP contribution in [0.25, 0.3) is 0 Å². The van der Waals surface area contributed by atoms with Gasteiger partial charge in [0.15, 0.2) is 0 Å². The fourth-order valence-electron chi connectivity index (χ4n) is 5.08. The third-order valence-electron chi connectivity index (χ3n) is 6.36. The quantitative estimate of drug-likeness (QED) is 0.519. The Balaban J connectivity index is 1.98. The minimum atomic E-state index is -1.42. The number of halogens is 1. The summed E-state index contributed by atoms with van der Waals surface area (Å²) >= 11 is 3.90. The zero-order chi connectivity index (χ0) is 14.7. The Morgan fingerprint density at radius 1 is 0.810 bits per heavy atom. The van der Waals surface area contributed by atoms with E-state index in [9.17, 15) is 0 Å². The molecule has 2 fully saturated rings. The Hall–Kier alpha value is 0.195. The predicted molar refractivity (Wildman–Crippen MR) is 104 cm³/mol. The fourth-order valence-corrected chi connectivity index (χ4v) is 12.5. The van der Waals surface area contributed by atoms with Gasteiger partial charge in [-0.25, -0.2) is 0 Å². The SMILES string of the molecule is B[PH](c1ccccc1Br)(C1CCCCC1)C1CCCCC1. The molecule has 3 rings (SSSR count). The topological polar surface area (TPSA) is 0 Å². The van der Waals surface area contributed by atoms with Gasteiger partial charge in [0.2, 0.25) is 0 Å². The van der Waals surface area contributed by atoms with Crippen molar-refractivity contribution in [3.63, 3.8) is 0 Å². The zero-order valence-corrected chi connectivity index (χ0v) is 16.0. The van der Waals surface area contributed by atoms with Crippen LogP contribution < -0.4 is 5.30 Å². The third-order valence-corrected chi connectivity index (χ3v) is 13.6. The molecule has 0 bridgehead atoms.